The second-order valence-electron chi connectivity index (χ2n) is 10.2. The van der Waals surface area contributed by atoms with E-state index in [0.717, 1.165) is 55.4 Å². The smallest absolute Gasteiger partial charge is 0.231 e. The molecule has 0 unspecified atom stereocenters. The predicted octanol–water partition coefficient (Wildman–Crippen LogP) is 9.37. The number of hydrogen-bond acceptors (Lipinski definition) is 4. The van der Waals surface area contributed by atoms with Crippen LogP contribution in [0.4, 0.5) is 0 Å². The summed E-state index contributed by atoms with van der Waals surface area (Å²) in [7, 11) is 0. The molecule has 192 valence electrons. The van der Waals surface area contributed by atoms with E-state index in [2.05, 4.69) is 68.4 Å². The number of aromatic nitrogens is 2. The Labute approximate surface area is 232 Å². The monoisotopic (exact) mass is 518 g/mol. The van der Waals surface area contributed by atoms with Crippen LogP contribution in [-0.2, 0) is 0 Å². The Morgan fingerprint density at radius 2 is 1.35 bits per heavy atom. The third-order valence-electron chi connectivity index (χ3n) is 7.42. The number of nitrogens with zero attached hydrogens (tertiary/aromatic N) is 2. The van der Waals surface area contributed by atoms with Crippen molar-refractivity contribution >= 4 is 22.0 Å². The number of phenols is 1. The van der Waals surface area contributed by atoms with E-state index < -0.39 is 0 Å². The molecule has 7 rings (SSSR count). The van der Waals surface area contributed by atoms with E-state index in [1.165, 1.54) is 5.56 Å². The van der Waals surface area contributed by atoms with Crippen molar-refractivity contribution in [1.82, 2.24) is 9.97 Å². The van der Waals surface area contributed by atoms with E-state index in [1.54, 1.807) is 12.1 Å². The quantitative estimate of drug-likeness (QED) is 0.252. The molecule has 2 aromatic heterocycles. The van der Waals surface area contributed by atoms with Crippen LogP contribution in [-0.4, -0.2) is 15.1 Å². The van der Waals surface area contributed by atoms with Crippen LogP contribution in [0.3, 0.4) is 0 Å². The van der Waals surface area contributed by atoms with E-state index in [9.17, 15) is 5.11 Å². The number of phenolic OH excluding ortho intramolecular Hbond substituents is 1. The topological polar surface area (TPSA) is 59.2 Å². The van der Waals surface area contributed by atoms with Gasteiger partial charge in [0, 0.05) is 22.7 Å². The molecule has 0 spiro atoms. The van der Waals surface area contributed by atoms with E-state index in [1.807, 2.05) is 48.7 Å². The molecule has 5 aromatic carbocycles. The van der Waals surface area contributed by atoms with Gasteiger partial charge in [-0.3, -0.25) is 4.98 Å². The molecule has 7 aromatic rings. The molecule has 0 saturated carbocycles. The van der Waals surface area contributed by atoms with Gasteiger partial charge in [-0.05, 0) is 83.6 Å². The van der Waals surface area contributed by atoms with Crippen molar-refractivity contribution in [3.05, 3.63) is 127 Å². The van der Waals surface area contributed by atoms with Crippen molar-refractivity contribution in [2.24, 2.45) is 0 Å². The fourth-order valence-corrected chi connectivity index (χ4v) is 5.46. The van der Waals surface area contributed by atoms with Gasteiger partial charge < -0.3 is 9.52 Å². The summed E-state index contributed by atoms with van der Waals surface area (Å²) >= 11 is 0. The maximum atomic E-state index is 10.5. The van der Waals surface area contributed by atoms with Crippen molar-refractivity contribution < 1.29 is 9.52 Å². The summed E-state index contributed by atoms with van der Waals surface area (Å²) in [5.74, 6) is 0.525. The minimum atomic E-state index is 0.135. The number of fused-ring (bicyclic) bond motifs is 2. The average molecular weight is 519 g/mol. The Morgan fingerprint density at radius 3 is 2.17 bits per heavy atom. The summed E-state index contributed by atoms with van der Waals surface area (Å²) in [5.41, 5.74) is 11.6. The van der Waals surface area contributed by atoms with Gasteiger partial charge in [-0.1, -0.05) is 72.8 Å². The zero-order chi connectivity index (χ0) is 27.2. The van der Waals surface area contributed by atoms with Crippen LogP contribution in [0.2, 0.25) is 0 Å². The molecular weight excluding hydrogens is 492 g/mol. The van der Waals surface area contributed by atoms with Crippen molar-refractivity contribution in [3.8, 4) is 50.6 Å². The maximum Gasteiger partial charge on any atom is 0.231 e. The van der Waals surface area contributed by atoms with Crippen LogP contribution in [0.25, 0.3) is 66.8 Å². The largest absolute Gasteiger partial charge is 0.507 e. The Balaban J connectivity index is 1.48. The van der Waals surface area contributed by atoms with E-state index in [-0.39, 0.29) is 5.75 Å². The van der Waals surface area contributed by atoms with Crippen LogP contribution in [0.15, 0.2) is 120 Å². The van der Waals surface area contributed by atoms with E-state index >= 15 is 0 Å². The molecule has 0 radical (unpaired) electrons. The van der Waals surface area contributed by atoms with Crippen LogP contribution in [0, 0.1) is 13.8 Å². The van der Waals surface area contributed by atoms with Gasteiger partial charge in [0.15, 0.2) is 5.58 Å². The van der Waals surface area contributed by atoms with Gasteiger partial charge in [-0.15, -0.1) is 0 Å². The number of aromatic hydroxyl groups is 1. The number of para-hydroxylation sites is 2. The average Bonchev–Trinajstić information content (AvgIpc) is 3.41. The first-order valence-electron chi connectivity index (χ1n) is 13.3. The minimum absolute atomic E-state index is 0.135. The van der Waals surface area contributed by atoms with E-state index in [4.69, 9.17) is 14.4 Å². The summed E-state index contributed by atoms with van der Waals surface area (Å²) in [6.45, 7) is 4.24. The maximum absolute atomic E-state index is 10.5. The standard InChI is InChI=1S/C36H26N2O2/c1-22-17-26(29-13-8-12-28-23(2)15-16-37-34(28)29)19-27(18-22)31-20-25(24-9-4-3-5-10-24)21-33-35(31)38-36(40-33)30-11-6-7-14-32(30)39/h3-21,39H,1-2H3. The Bertz CT molecular complexity index is 2040. The van der Waals surface area contributed by atoms with Gasteiger partial charge in [0.05, 0.1) is 11.1 Å². The molecule has 0 aliphatic rings. The molecule has 0 fully saturated rings. The number of pyridine rings is 1. The molecule has 0 aliphatic heterocycles. The zero-order valence-electron chi connectivity index (χ0n) is 22.2. The van der Waals surface area contributed by atoms with E-state index in [0.29, 0.717) is 17.0 Å². The fourth-order valence-electron chi connectivity index (χ4n) is 5.46. The molecule has 4 nitrogen and oxygen atoms in total. The molecule has 1 N–H and O–H groups in total. The first-order chi connectivity index (χ1) is 19.5. The Hall–Kier alpha value is -5.22. The summed E-state index contributed by atoms with van der Waals surface area (Å²) < 4.78 is 6.29. The van der Waals surface area contributed by atoms with Crippen LogP contribution in [0.1, 0.15) is 11.1 Å². The lowest BCUT2D eigenvalue weighted by Gasteiger charge is -2.12. The number of oxazole rings is 1. The zero-order valence-corrected chi connectivity index (χ0v) is 22.2. The summed E-state index contributed by atoms with van der Waals surface area (Å²) in [6.07, 6.45) is 1.88. The second-order valence-corrected chi connectivity index (χ2v) is 10.2. The van der Waals surface area contributed by atoms with Crippen molar-refractivity contribution in [1.29, 1.82) is 0 Å². The number of rotatable bonds is 4. The molecule has 4 heteroatoms. The molecular formula is C36H26N2O2. The lowest BCUT2D eigenvalue weighted by molar-refractivity contribution is 0.474. The van der Waals surface area contributed by atoms with Crippen molar-refractivity contribution in [2.75, 3.05) is 0 Å². The van der Waals surface area contributed by atoms with Gasteiger partial charge in [-0.2, -0.15) is 0 Å². The Morgan fingerprint density at radius 1 is 0.600 bits per heavy atom. The van der Waals surface area contributed by atoms with Crippen LogP contribution in [0.5, 0.6) is 5.75 Å². The highest BCUT2D eigenvalue weighted by Gasteiger charge is 2.18. The predicted molar refractivity (Wildman–Crippen MR) is 162 cm³/mol. The van der Waals surface area contributed by atoms with Gasteiger partial charge in [0.2, 0.25) is 5.89 Å². The summed E-state index contributed by atoms with van der Waals surface area (Å²) in [4.78, 5) is 9.66. The number of aryl methyl sites for hydroxylation is 2. The third kappa shape index (κ3) is 4.11. The molecule has 2 heterocycles. The molecule has 0 aliphatic carbocycles. The molecule has 0 atom stereocenters. The summed E-state index contributed by atoms with van der Waals surface area (Å²) in [6, 6.07) is 36.6. The second kappa shape index (κ2) is 9.51. The molecule has 0 bridgehead atoms. The SMILES string of the molecule is Cc1cc(-c2cc(-c3ccccc3)cc3oc(-c4ccccc4O)nc23)cc(-c2cccc3c(C)ccnc23)c1. The highest BCUT2D eigenvalue weighted by molar-refractivity contribution is 5.99. The van der Waals surface area contributed by atoms with Gasteiger partial charge in [0.1, 0.15) is 11.3 Å². The molecule has 0 saturated heterocycles. The van der Waals surface area contributed by atoms with Gasteiger partial charge in [-0.25, -0.2) is 4.98 Å². The van der Waals surface area contributed by atoms with Crippen LogP contribution < -0.4 is 0 Å². The molecule has 0 amide bonds. The lowest BCUT2D eigenvalue weighted by atomic mass is 9.92. The first-order valence-corrected chi connectivity index (χ1v) is 13.3. The molecule has 40 heavy (non-hydrogen) atoms. The van der Waals surface area contributed by atoms with Crippen LogP contribution >= 0.6 is 0 Å². The first kappa shape index (κ1) is 23.9. The fraction of sp³-hybridized carbons (Fsp3) is 0.0556. The summed E-state index contributed by atoms with van der Waals surface area (Å²) in [5, 5.41) is 11.7. The third-order valence-corrected chi connectivity index (χ3v) is 7.42. The van der Waals surface area contributed by atoms with Gasteiger partial charge >= 0.3 is 0 Å². The highest BCUT2D eigenvalue weighted by Crippen LogP contribution is 2.40. The lowest BCUT2D eigenvalue weighted by Crippen LogP contribution is -1.90. The number of benzene rings is 5. The minimum Gasteiger partial charge on any atom is -0.507 e. The highest BCUT2D eigenvalue weighted by atomic mass is 16.3. The van der Waals surface area contributed by atoms with Gasteiger partial charge in [0.25, 0.3) is 0 Å². The van der Waals surface area contributed by atoms with Crippen molar-refractivity contribution in [3.63, 3.8) is 0 Å². The normalized spacial score (nSPS) is 11.3. The Kier molecular flexibility index (Phi) is 5.67. The number of hydrogen-bond donors (Lipinski definition) is 1. The van der Waals surface area contributed by atoms with Crippen molar-refractivity contribution in [2.45, 2.75) is 13.8 Å².